The minimum Gasteiger partial charge on any atom is -0.458 e. The second-order valence-electron chi connectivity index (χ2n) is 18.8. The number of nitrogens with zero attached hydrogens (tertiary/aromatic N) is 5. The molecular weight excluding hydrogens is 917 g/mol. The summed E-state index contributed by atoms with van der Waals surface area (Å²) in [5.74, 6) is 0.925. The summed E-state index contributed by atoms with van der Waals surface area (Å²) in [5, 5.41) is 13.6. The standard InChI is InChI=1S/C64H38N6O4/c1-2-8-44-38(6-1)7-3-9-51(44)70(43-18-20-47-49-24-28-67-36-60(49)73-58(47)33-43)53-22-21-45(64-61(53)50-34-65-29-25-54(50)74-64)39-14-13-37-15-16-41(31-40(37)30-39)69(42-17-19-46-48-23-27-66-35-59(48)72-57(46)32-42)52-10-4-11-55-62(52)63-56(71-55)12-5-26-68-63/h1-35,67H,36H2. The number of pyridine rings is 3. The molecule has 7 aromatic heterocycles. The third-order valence-electron chi connectivity index (χ3n) is 14.7. The van der Waals surface area contributed by atoms with E-state index in [0.29, 0.717) is 6.54 Å². The maximum Gasteiger partial charge on any atom is 0.153 e. The van der Waals surface area contributed by atoms with Crippen molar-refractivity contribution in [3.8, 4) is 11.1 Å². The minimum absolute atomic E-state index is 0.641. The number of nitrogens with one attached hydrogen (secondary N) is 1. The van der Waals surface area contributed by atoms with Gasteiger partial charge in [-0.2, -0.15) is 0 Å². The summed E-state index contributed by atoms with van der Waals surface area (Å²) >= 11 is 0. The van der Waals surface area contributed by atoms with Gasteiger partial charge in [-0.25, -0.2) is 0 Å². The number of hydrogen-bond donors (Lipinski definition) is 1. The van der Waals surface area contributed by atoms with Crippen molar-refractivity contribution in [1.82, 2.24) is 20.3 Å². The Labute approximate surface area is 420 Å². The normalized spacial score (nSPS) is 12.6. The fraction of sp³-hybridized carbons (Fsp3) is 0.0156. The van der Waals surface area contributed by atoms with Gasteiger partial charge < -0.3 is 32.8 Å². The number of fused-ring (bicyclic) bond motifs is 14. The summed E-state index contributed by atoms with van der Waals surface area (Å²) in [6.45, 7) is 0.641. The molecule has 0 saturated heterocycles. The van der Waals surface area contributed by atoms with Crippen LogP contribution in [-0.4, -0.2) is 15.0 Å². The molecule has 0 amide bonds. The molecule has 348 valence electrons. The highest BCUT2D eigenvalue weighted by molar-refractivity contribution is 6.19. The molecule has 8 heterocycles. The molecule has 10 nitrogen and oxygen atoms in total. The van der Waals surface area contributed by atoms with E-state index in [2.05, 4.69) is 165 Å². The molecule has 0 unspecified atom stereocenters. The summed E-state index contributed by atoms with van der Waals surface area (Å²) in [5.41, 5.74) is 14.9. The molecule has 0 spiro atoms. The fourth-order valence-electron chi connectivity index (χ4n) is 11.4. The molecule has 10 heteroatoms. The van der Waals surface area contributed by atoms with E-state index >= 15 is 0 Å². The summed E-state index contributed by atoms with van der Waals surface area (Å²) in [7, 11) is 0. The predicted octanol–water partition coefficient (Wildman–Crippen LogP) is 17.3. The molecule has 1 N–H and O–H groups in total. The van der Waals surface area contributed by atoms with Crippen molar-refractivity contribution >= 4 is 139 Å². The van der Waals surface area contributed by atoms with Crippen molar-refractivity contribution in [1.29, 1.82) is 0 Å². The Balaban J connectivity index is 0.892. The lowest BCUT2D eigenvalue weighted by atomic mass is 9.97. The SMILES string of the molecule is C1=Cc2c(oc3cc(N(c4cccc5ccccc45)c4ccc(-c5ccc6ccc(N(c7ccc8c(c7)oc7cnccc78)c7cccc8oc9cccnc9c78)cc6c5)c5oc6ccncc6c45)ccc23)CN1. The first-order chi connectivity index (χ1) is 36.7. The molecule has 74 heavy (non-hydrogen) atoms. The van der Waals surface area contributed by atoms with Gasteiger partial charge in [0.2, 0.25) is 0 Å². The molecule has 0 bridgehead atoms. The monoisotopic (exact) mass is 954 g/mol. The minimum atomic E-state index is 0.641. The predicted molar refractivity (Wildman–Crippen MR) is 297 cm³/mol. The van der Waals surface area contributed by atoms with Crippen LogP contribution in [0.5, 0.6) is 0 Å². The lowest BCUT2D eigenvalue weighted by Crippen LogP contribution is -2.11. The van der Waals surface area contributed by atoms with Crippen LogP contribution in [0.4, 0.5) is 34.1 Å². The maximum atomic E-state index is 6.99. The first-order valence-electron chi connectivity index (χ1n) is 24.6. The second kappa shape index (κ2) is 15.7. The van der Waals surface area contributed by atoms with Crippen LogP contribution in [0.2, 0.25) is 0 Å². The Kier molecular flexibility index (Phi) is 8.57. The van der Waals surface area contributed by atoms with E-state index in [1.54, 1.807) is 18.6 Å². The molecule has 1 aliphatic rings. The van der Waals surface area contributed by atoms with Gasteiger partial charge in [-0.15, -0.1) is 0 Å². The van der Waals surface area contributed by atoms with E-state index < -0.39 is 0 Å². The van der Waals surface area contributed by atoms with Crippen LogP contribution in [0.15, 0.2) is 225 Å². The first kappa shape index (κ1) is 40.5. The first-order valence-corrected chi connectivity index (χ1v) is 24.6. The third-order valence-corrected chi connectivity index (χ3v) is 14.7. The van der Waals surface area contributed by atoms with Crippen LogP contribution in [0.25, 0.3) is 116 Å². The molecule has 16 rings (SSSR count). The quantitative estimate of drug-likeness (QED) is 0.166. The van der Waals surface area contributed by atoms with Crippen molar-refractivity contribution in [3.63, 3.8) is 0 Å². The number of hydrogen-bond acceptors (Lipinski definition) is 10. The van der Waals surface area contributed by atoms with Crippen LogP contribution in [0, 0.1) is 0 Å². The highest BCUT2D eigenvalue weighted by Crippen LogP contribution is 2.50. The van der Waals surface area contributed by atoms with Crippen molar-refractivity contribution in [2.45, 2.75) is 6.54 Å². The third kappa shape index (κ3) is 6.08. The van der Waals surface area contributed by atoms with Gasteiger partial charge >= 0.3 is 0 Å². The molecule has 0 aliphatic carbocycles. The Bertz CT molecular complexity index is 4840. The zero-order chi connectivity index (χ0) is 48.4. The lowest BCUT2D eigenvalue weighted by molar-refractivity contribution is 0.532. The number of furan rings is 4. The van der Waals surface area contributed by atoms with Gasteiger partial charge in [0.05, 0.1) is 40.6 Å². The second-order valence-corrected chi connectivity index (χ2v) is 18.8. The average molecular weight is 955 g/mol. The molecule has 0 saturated carbocycles. The van der Waals surface area contributed by atoms with Gasteiger partial charge in [0.1, 0.15) is 39.2 Å². The van der Waals surface area contributed by atoms with E-state index in [1.807, 2.05) is 55.0 Å². The molecule has 0 radical (unpaired) electrons. The van der Waals surface area contributed by atoms with E-state index in [-0.39, 0.29) is 0 Å². The van der Waals surface area contributed by atoms with Gasteiger partial charge in [-0.3, -0.25) is 15.0 Å². The summed E-state index contributed by atoms with van der Waals surface area (Å²) in [6.07, 6.45) is 13.2. The average Bonchev–Trinajstić information content (AvgIpc) is 4.24. The molecule has 15 aromatic rings. The highest BCUT2D eigenvalue weighted by Gasteiger charge is 2.26. The number of benzene rings is 8. The fourth-order valence-corrected chi connectivity index (χ4v) is 11.4. The van der Waals surface area contributed by atoms with Crippen LogP contribution in [0.1, 0.15) is 11.3 Å². The summed E-state index contributed by atoms with van der Waals surface area (Å²) < 4.78 is 26.4. The van der Waals surface area contributed by atoms with Crippen molar-refractivity contribution in [2.24, 2.45) is 0 Å². The van der Waals surface area contributed by atoms with Crippen molar-refractivity contribution < 1.29 is 17.7 Å². The van der Waals surface area contributed by atoms with Crippen LogP contribution in [-0.2, 0) is 6.54 Å². The molecule has 1 aliphatic heterocycles. The van der Waals surface area contributed by atoms with Gasteiger partial charge in [-0.1, -0.05) is 60.7 Å². The number of aromatic nitrogens is 3. The van der Waals surface area contributed by atoms with Crippen molar-refractivity contribution in [2.75, 3.05) is 9.80 Å². The number of anilines is 6. The van der Waals surface area contributed by atoms with Gasteiger partial charge in [0.15, 0.2) is 11.2 Å². The van der Waals surface area contributed by atoms with Crippen LogP contribution >= 0.6 is 0 Å². The van der Waals surface area contributed by atoms with Gasteiger partial charge in [0.25, 0.3) is 0 Å². The smallest absolute Gasteiger partial charge is 0.153 e. The molecular formula is C64H38N6O4. The van der Waals surface area contributed by atoms with Crippen LogP contribution < -0.4 is 15.1 Å². The largest absolute Gasteiger partial charge is 0.458 e. The molecule has 0 fully saturated rings. The van der Waals surface area contributed by atoms with E-state index in [0.717, 1.165) is 155 Å². The maximum absolute atomic E-state index is 6.99. The summed E-state index contributed by atoms with van der Waals surface area (Å²) in [6, 6.07) is 59.6. The zero-order valence-corrected chi connectivity index (χ0v) is 39.3. The van der Waals surface area contributed by atoms with E-state index in [9.17, 15) is 0 Å². The Hall–Kier alpha value is -10.2. The van der Waals surface area contributed by atoms with Gasteiger partial charge in [0, 0.05) is 92.0 Å². The van der Waals surface area contributed by atoms with E-state index in [1.165, 1.54) is 0 Å². The lowest BCUT2D eigenvalue weighted by Gasteiger charge is -2.28. The van der Waals surface area contributed by atoms with Crippen molar-refractivity contribution in [3.05, 3.63) is 218 Å². The zero-order valence-electron chi connectivity index (χ0n) is 39.3. The molecule has 8 aromatic carbocycles. The van der Waals surface area contributed by atoms with Gasteiger partial charge in [-0.05, 0) is 131 Å². The Morgan fingerprint density at radius 3 is 2.16 bits per heavy atom. The Morgan fingerprint density at radius 2 is 1.19 bits per heavy atom. The number of rotatable bonds is 7. The highest BCUT2D eigenvalue weighted by atomic mass is 16.3. The van der Waals surface area contributed by atoms with E-state index in [4.69, 9.17) is 22.7 Å². The Morgan fingerprint density at radius 1 is 0.432 bits per heavy atom. The topological polar surface area (TPSA) is 110 Å². The molecule has 0 atom stereocenters. The summed E-state index contributed by atoms with van der Waals surface area (Å²) in [4.78, 5) is 18.4. The van der Waals surface area contributed by atoms with Crippen LogP contribution in [0.3, 0.4) is 0 Å².